The number of ketones is 1. The van der Waals surface area contributed by atoms with Crippen LogP contribution in [0.4, 0.5) is 0 Å². The van der Waals surface area contributed by atoms with Gasteiger partial charge in [0.1, 0.15) is 17.3 Å². The summed E-state index contributed by atoms with van der Waals surface area (Å²) in [6.45, 7) is 0. The van der Waals surface area contributed by atoms with Gasteiger partial charge >= 0.3 is 11.9 Å². The number of carboxylic acids is 1. The maximum atomic E-state index is 12.8. The number of carbonyl (C=O) groups is 3. The lowest BCUT2D eigenvalue weighted by atomic mass is 9.84. The predicted molar refractivity (Wildman–Crippen MR) is 104 cm³/mol. The van der Waals surface area contributed by atoms with E-state index in [2.05, 4.69) is 0 Å². The number of benzene rings is 2. The first kappa shape index (κ1) is 17.9. The Morgan fingerprint density at radius 3 is 2.53 bits per heavy atom. The summed E-state index contributed by atoms with van der Waals surface area (Å²) < 4.78 is 16.6. The van der Waals surface area contributed by atoms with Crippen LogP contribution < -0.4 is 9.47 Å². The number of furan rings is 1. The Balaban J connectivity index is 1.61. The number of carboxylic acid groups (broad SMARTS) is 1. The fraction of sp³-hybridized carbons (Fsp3) is 0.0870. The average Bonchev–Trinajstić information content (AvgIpc) is 3.36. The number of hydrogen-bond donors (Lipinski definition) is 1. The lowest BCUT2D eigenvalue weighted by Gasteiger charge is -2.26. The minimum Gasteiger partial charge on any atom is -0.478 e. The Morgan fingerprint density at radius 1 is 1.03 bits per heavy atom. The Bertz CT molecular complexity index is 1220. The van der Waals surface area contributed by atoms with Crippen LogP contribution in [-0.2, 0) is 4.79 Å². The molecule has 30 heavy (non-hydrogen) atoms. The quantitative estimate of drug-likeness (QED) is 0.401. The van der Waals surface area contributed by atoms with E-state index >= 15 is 0 Å². The summed E-state index contributed by atoms with van der Waals surface area (Å²) >= 11 is 0. The summed E-state index contributed by atoms with van der Waals surface area (Å²) in [6, 6.07) is 12.8. The number of allylic oxidation sites excluding steroid dienone is 1. The zero-order valence-corrected chi connectivity index (χ0v) is 15.5. The summed E-state index contributed by atoms with van der Waals surface area (Å²) in [6.07, 6.45) is 3.06. The van der Waals surface area contributed by atoms with Gasteiger partial charge in [-0.2, -0.15) is 0 Å². The summed E-state index contributed by atoms with van der Waals surface area (Å²) in [7, 11) is 0. The maximum Gasteiger partial charge on any atom is 0.335 e. The normalized spacial score (nSPS) is 18.5. The number of hydrogen-bond acceptors (Lipinski definition) is 6. The van der Waals surface area contributed by atoms with Crippen molar-refractivity contribution >= 4 is 23.8 Å². The van der Waals surface area contributed by atoms with E-state index in [-0.39, 0.29) is 23.5 Å². The second-order valence-corrected chi connectivity index (χ2v) is 6.97. The fourth-order valence-electron chi connectivity index (χ4n) is 3.75. The van der Waals surface area contributed by atoms with Crippen LogP contribution >= 0.6 is 0 Å². The molecule has 2 aliphatic heterocycles. The van der Waals surface area contributed by atoms with Crippen molar-refractivity contribution in [1.82, 2.24) is 0 Å². The van der Waals surface area contributed by atoms with E-state index in [1.165, 1.54) is 24.5 Å². The number of aromatic carboxylic acids is 1. The van der Waals surface area contributed by atoms with Gasteiger partial charge in [0.25, 0.3) is 0 Å². The molecule has 5 rings (SSSR count). The smallest absolute Gasteiger partial charge is 0.335 e. The first-order chi connectivity index (χ1) is 14.5. The van der Waals surface area contributed by atoms with Crippen LogP contribution in [0, 0.1) is 0 Å². The van der Waals surface area contributed by atoms with Crippen molar-refractivity contribution in [2.75, 3.05) is 0 Å². The van der Waals surface area contributed by atoms with Crippen molar-refractivity contribution in [1.29, 1.82) is 0 Å². The van der Waals surface area contributed by atoms with Crippen molar-refractivity contribution in [3.63, 3.8) is 0 Å². The van der Waals surface area contributed by atoms with Crippen molar-refractivity contribution in [2.24, 2.45) is 0 Å². The number of ether oxygens (including phenoxy) is 2. The molecule has 3 aromatic rings. The zero-order valence-electron chi connectivity index (χ0n) is 15.5. The van der Waals surface area contributed by atoms with Crippen LogP contribution in [0.3, 0.4) is 0 Å². The molecule has 0 saturated carbocycles. The second kappa shape index (κ2) is 6.73. The molecule has 7 nitrogen and oxygen atoms in total. The number of rotatable bonds is 3. The van der Waals surface area contributed by atoms with Crippen LogP contribution in [0.2, 0.25) is 0 Å². The molecule has 2 aliphatic rings. The molecule has 0 fully saturated rings. The number of esters is 1. The topological polar surface area (TPSA) is 103 Å². The number of fused-ring (bicyclic) bond motifs is 3. The van der Waals surface area contributed by atoms with Gasteiger partial charge in [-0.25, -0.2) is 4.79 Å². The molecule has 0 amide bonds. The van der Waals surface area contributed by atoms with Gasteiger partial charge in [-0.05, 0) is 42.0 Å². The molecule has 0 saturated heterocycles. The van der Waals surface area contributed by atoms with Gasteiger partial charge in [-0.15, -0.1) is 0 Å². The highest BCUT2D eigenvalue weighted by molar-refractivity contribution is 6.15. The van der Waals surface area contributed by atoms with Crippen molar-refractivity contribution < 1.29 is 33.4 Å². The molecule has 148 valence electrons. The maximum absolute atomic E-state index is 12.8. The van der Waals surface area contributed by atoms with E-state index in [0.29, 0.717) is 28.4 Å². The lowest BCUT2D eigenvalue weighted by Crippen LogP contribution is -2.21. The number of carbonyl (C=O) groups excluding carboxylic acids is 2. The monoisotopic (exact) mass is 402 g/mol. The van der Waals surface area contributed by atoms with Crippen LogP contribution in [0.15, 0.2) is 65.0 Å². The van der Waals surface area contributed by atoms with E-state index in [1.54, 1.807) is 36.4 Å². The van der Waals surface area contributed by atoms with Gasteiger partial charge in [0.15, 0.2) is 5.76 Å². The Hall–Kier alpha value is -4.13. The lowest BCUT2D eigenvalue weighted by molar-refractivity contribution is -0.135. The molecule has 0 aliphatic carbocycles. The average molecular weight is 402 g/mol. The van der Waals surface area contributed by atoms with Gasteiger partial charge in [-0.1, -0.05) is 12.1 Å². The van der Waals surface area contributed by atoms with Crippen molar-refractivity contribution in [2.45, 2.75) is 12.3 Å². The molecule has 1 N–H and O–H groups in total. The standard InChI is InChI=1S/C23H14O7/c24-19-11-16(12-3-5-13(6-4-12)23(26)27)20-17(29-19)8-7-15-21(25)18(30-22(15)20)10-14-2-1-9-28-14/h1-10,16H,11H2,(H,26,27)/b18-10-. The SMILES string of the molecule is O=C1CC(c2ccc(C(=O)O)cc2)c2c(ccc3c2O/C(=C\c2ccco2)C3=O)O1. The highest BCUT2D eigenvalue weighted by Gasteiger charge is 2.38. The molecule has 2 aromatic carbocycles. The minimum atomic E-state index is -1.03. The highest BCUT2D eigenvalue weighted by atomic mass is 16.5. The van der Waals surface area contributed by atoms with Gasteiger partial charge in [-0.3, -0.25) is 9.59 Å². The predicted octanol–water partition coefficient (Wildman–Crippen LogP) is 4.04. The van der Waals surface area contributed by atoms with E-state index in [0.717, 1.165) is 5.56 Å². The van der Waals surface area contributed by atoms with E-state index in [4.69, 9.17) is 19.0 Å². The van der Waals surface area contributed by atoms with Crippen LogP contribution in [0.25, 0.3) is 6.08 Å². The molecular formula is C23H14O7. The van der Waals surface area contributed by atoms with Gasteiger partial charge in [0.2, 0.25) is 5.78 Å². The third kappa shape index (κ3) is 2.88. The third-order valence-corrected chi connectivity index (χ3v) is 5.16. The number of Topliss-reactive ketones (excluding diaryl/α,β-unsaturated/α-hetero) is 1. The summed E-state index contributed by atoms with van der Waals surface area (Å²) in [5.74, 6) is -0.911. The van der Waals surface area contributed by atoms with Gasteiger partial charge in [0, 0.05) is 17.6 Å². The van der Waals surface area contributed by atoms with Crippen LogP contribution in [0.5, 0.6) is 11.5 Å². The third-order valence-electron chi connectivity index (χ3n) is 5.16. The fourth-order valence-corrected chi connectivity index (χ4v) is 3.75. The Labute approximate surface area is 170 Å². The molecule has 1 aromatic heterocycles. The van der Waals surface area contributed by atoms with E-state index < -0.39 is 17.9 Å². The molecule has 1 atom stereocenters. The molecule has 0 bridgehead atoms. The first-order valence-corrected chi connectivity index (χ1v) is 9.20. The highest BCUT2D eigenvalue weighted by Crippen LogP contribution is 2.48. The molecule has 0 spiro atoms. The van der Waals surface area contributed by atoms with Crippen LogP contribution in [-0.4, -0.2) is 22.8 Å². The van der Waals surface area contributed by atoms with Crippen LogP contribution in [0.1, 0.15) is 49.9 Å². The molecule has 3 heterocycles. The van der Waals surface area contributed by atoms with Gasteiger partial charge < -0.3 is 19.0 Å². The minimum absolute atomic E-state index is 0.0463. The van der Waals surface area contributed by atoms with E-state index in [9.17, 15) is 14.4 Å². The Kier molecular flexibility index (Phi) is 4.03. The molecular weight excluding hydrogens is 388 g/mol. The molecule has 1 unspecified atom stereocenters. The Morgan fingerprint density at radius 2 is 1.83 bits per heavy atom. The van der Waals surface area contributed by atoms with E-state index in [1.807, 2.05) is 0 Å². The summed E-state index contributed by atoms with van der Waals surface area (Å²) in [4.78, 5) is 36.2. The molecule has 0 radical (unpaired) electrons. The van der Waals surface area contributed by atoms with Crippen molar-refractivity contribution in [3.8, 4) is 11.5 Å². The zero-order chi connectivity index (χ0) is 20.8. The van der Waals surface area contributed by atoms with Crippen molar-refractivity contribution in [3.05, 3.63) is 88.6 Å². The first-order valence-electron chi connectivity index (χ1n) is 9.20. The second-order valence-electron chi connectivity index (χ2n) is 6.97. The summed E-state index contributed by atoms with van der Waals surface area (Å²) in [5, 5.41) is 9.13. The summed E-state index contributed by atoms with van der Waals surface area (Å²) in [5.41, 5.74) is 1.83. The molecule has 7 heteroatoms. The largest absolute Gasteiger partial charge is 0.478 e. The van der Waals surface area contributed by atoms with Gasteiger partial charge in [0.05, 0.1) is 23.8 Å².